The van der Waals surface area contributed by atoms with Gasteiger partial charge in [0.1, 0.15) is 5.65 Å². The molecular weight excluding hydrogens is 343 g/mol. The normalized spacial score (nSPS) is 11.7. The van der Waals surface area contributed by atoms with Crippen molar-refractivity contribution in [3.63, 3.8) is 0 Å². The molecule has 24 heavy (non-hydrogen) atoms. The van der Waals surface area contributed by atoms with Gasteiger partial charge in [0, 0.05) is 17.4 Å². The lowest BCUT2D eigenvalue weighted by molar-refractivity contribution is -0.137. The molecule has 124 valence electrons. The maximum absolute atomic E-state index is 13.0. The van der Waals surface area contributed by atoms with Gasteiger partial charge in [-0.1, -0.05) is 17.7 Å². The number of rotatable bonds is 3. The number of pyridine rings is 1. The molecule has 1 amide bonds. The van der Waals surface area contributed by atoms with E-state index in [1.54, 1.807) is 28.9 Å². The summed E-state index contributed by atoms with van der Waals surface area (Å²) in [5.41, 5.74) is -0.206. The van der Waals surface area contributed by atoms with Gasteiger partial charge in [-0.05, 0) is 30.3 Å². The Balaban J connectivity index is 1.80. The lowest BCUT2D eigenvalue weighted by Gasteiger charge is -2.13. The van der Waals surface area contributed by atoms with Gasteiger partial charge in [0.25, 0.3) is 0 Å². The largest absolute Gasteiger partial charge is 0.418 e. The second-order valence-corrected chi connectivity index (χ2v) is 5.55. The maximum atomic E-state index is 13.0. The van der Waals surface area contributed by atoms with Gasteiger partial charge in [-0.3, -0.25) is 4.79 Å². The topological polar surface area (TPSA) is 46.4 Å². The Bertz CT molecular complexity index is 872. The van der Waals surface area contributed by atoms with Crippen LogP contribution < -0.4 is 5.32 Å². The van der Waals surface area contributed by atoms with Crippen LogP contribution in [0.4, 0.5) is 18.9 Å². The van der Waals surface area contributed by atoms with E-state index in [1.807, 2.05) is 6.07 Å². The maximum Gasteiger partial charge on any atom is 0.418 e. The fourth-order valence-electron chi connectivity index (χ4n) is 2.29. The number of halogens is 4. The van der Waals surface area contributed by atoms with Crippen molar-refractivity contribution < 1.29 is 18.0 Å². The van der Waals surface area contributed by atoms with Crippen molar-refractivity contribution in [2.45, 2.75) is 12.6 Å². The third kappa shape index (κ3) is 3.51. The number of fused-ring (bicyclic) bond motifs is 1. The number of hydrogen-bond donors (Lipinski definition) is 1. The van der Waals surface area contributed by atoms with Crippen LogP contribution in [0.5, 0.6) is 0 Å². The molecule has 1 aromatic carbocycles. The van der Waals surface area contributed by atoms with Gasteiger partial charge in [-0.2, -0.15) is 13.2 Å². The SMILES string of the molecule is O=C(Cc1cn2ccccc2n1)Nc1ccc(Cl)cc1C(F)(F)F. The van der Waals surface area contributed by atoms with Crippen LogP contribution in [0.25, 0.3) is 5.65 Å². The zero-order valence-corrected chi connectivity index (χ0v) is 12.9. The molecule has 0 aliphatic rings. The zero-order chi connectivity index (χ0) is 17.3. The van der Waals surface area contributed by atoms with Gasteiger partial charge in [0.05, 0.1) is 23.4 Å². The number of benzene rings is 1. The van der Waals surface area contributed by atoms with E-state index in [1.165, 1.54) is 6.07 Å². The first-order chi connectivity index (χ1) is 11.3. The van der Waals surface area contributed by atoms with E-state index in [4.69, 9.17) is 11.6 Å². The molecule has 8 heteroatoms. The first-order valence-electron chi connectivity index (χ1n) is 6.92. The van der Waals surface area contributed by atoms with Crippen LogP contribution in [0.15, 0.2) is 48.8 Å². The second-order valence-electron chi connectivity index (χ2n) is 5.11. The molecule has 0 aliphatic carbocycles. The number of nitrogens with zero attached hydrogens (tertiary/aromatic N) is 2. The molecule has 2 aromatic heterocycles. The highest BCUT2D eigenvalue weighted by Crippen LogP contribution is 2.36. The van der Waals surface area contributed by atoms with Crippen molar-refractivity contribution in [2.75, 3.05) is 5.32 Å². The Morgan fingerprint density at radius 2 is 2.04 bits per heavy atom. The summed E-state index contributed by atoms with van der Waals surface area (Å²) in [6.45, 7) is 0. The van der Waals surface area contributed by atoms with Crippen LogP contribution in [-0.4, -0.2) is 15.3 Å². The molecule has 3 aromatic rings. The molecule has 0 fully saturated rings. The Kier molecular flexibility index (Phi) is 4.19. The highest BCUT2D eigenvalue weighted by molar-refractivity contribution is 6.30. The average molecular weight is 354 g/mol. The van der Waals surface area contributed by atoms with E-state index in [9.17, 15) is 18.0 Å². The van der Waals surface area contributed by atoms with Gasteiger partial charge < -0.3 is 9.72 Å². The Hall–Kier alpha value is -2.54. The molecule has 0 bridgehead atoms. The highest BCUT2D eigenvalue weighted by Gasteiger charge is 2.34. The summed E-state index contributed by atoms with van der Waals surface area (Å²) in [6.07, 6.45) is -1.33. The lowest BCUT2D eigenvalue weighted by atomic mass is 10.1. The summed E-state index contributed by atoms with van der Waals surface area (Å²) < 4.78 is 40.8. The fraction of sp³-hybridized carbons (Fsp3) is 0.125. The Morgan fingerprint density at radius 1 is 1.25 bits per heavy atom. The van der Waals surface area contributed by atoms with Crippen LogP contribution in [0.2, 0.25) is 5.02 Å². The van der Waals surface area contributed by atoms with Crippen LogP contribution in [0.3, 0.4) is 0 Å². The second kappa shape index (κ2) is 6.16. The molecule has 0 spiro atoms. The van der Waals surface area contributed by atoms with Crippen molar-refractivity contribution in [3.05, 3.63) is 65.1 Å². The predicted molar refractivity (Wildman–Crippen MR) is 84.0 cm³/mol. The minimum Gasteiger partial charge on any atom is -0.325 e. The quantitative estimate of drug-likeness (QED) is 0.767. The summed E-state index contributed by atoms with van der Waals surface area (Å²) in [5, 5.41) is 2.22. The van der Waals surface area contributed by atoms with Gasteiger partial charge >= 0.3 is 6.18 Å². The smallest absolute Gasteiger partial charge is 0.325 e. The predicted octanol–water partition coefficient (Wildman–Crippen LogP) is 4.19. The molecule has 0 unspecified atom stereocenters. The summed E-state index contributed by atoms with van der Waals surface area (Å²) in [6, 6.07) is 8.58. The number of imidazole rings is 1. The van der Waals surface area contributed by atoms with Gasteiger partial charge in [-0.15, -0.1) is 0 Å². The lowest BCUT2D eigenvalue weighted by Crippen LogP contribution is -2.18. The van der Waals surface area contributed by atoms with Crippen molar-refractivity contribution in [3.8, 4) is 0 Å². The van der Waals surface area contributed by atoms with Crippen molar-refractivity contribution in [1.29, 1.82) is 0 Å². The van der Waals surface area contributed by atoms with Gasteiger partial charge in [0.2, 0.25) is 5.91 Å². The third-order valence-electron chi connectivity index (χ3n) is 3.32. The van der Waals surface area contributed by atoms with E-state index in [0.717, 1.165) is 12.1 Å². The number of carbonyl (C=O) groups excluding carboxylic acids is 1. The average Bonchev–Trinajstić information content (AvgIpc) is 2.90. The summed E-state index contributed by atoms with van der Waals surface area (Å²) >= 11 is 5.61. The van der Waals surface area contributed by atoms with Crippen LogP contribution in [-0.2, 0) is 17.4 Å². The first-order valence-corrected chi connectivity index (χ1v) is 7.30. The minimum absolute atomic E-state index is 0.0549. The zero-order valence-electron chi connectivity index (χ0n) is 12.1. The van der Waals surface area contributed by atoms with E-state index in [0.29, 0.717) is 11.3 Å². The highest BCUT2D eigenvalue weighted by atomic mass is 35.5. The number of carbonyl (C=O) groups is 1. The summed E-state index contributed by atoms with van der Waals surface area (Å²) in [5.74, 6) is -0.591. The first kappa shape index (κ1) is 16.3. The van der Waals surface area contributed by atoms with Crippen LogP contribution in [0, 0.1) is 0 Å². The molecule has 0 radical (unpaired) electrons. The number of anilines is 1. The molecule has 1 N–H and O–H groups in total. The van der Waals surface area contributed by atoms with Gasteiger partial charge in [0.15, 0.2) is 0 Å². The van der Waals surface area contributed by atoms with Crippen molar-refractivity contribution >= 4 is 28.8 Å². The Morgan fingerprint density at radius 3 is 2.75 bits per heavy atom. The van der Waals surface area contributed by atoms with Crippen LogP contribution >= 0.6 is 11.6 Å². The fourth-order valence-corrected chi connectivity index (χ4v) is 2.46. The molecule has 0 saturated heterocycles. The van der Waals surface area contributed by atoms with E-state index in [-0.39, 0.29) is 17.1 Å². The van der Waals surface area contributed by atoms with E-state index in [2.05, 4.69) is 10.3 Å². The molecular formula is C16H11ClF3N3O. The monoisotopic (exact) mass is 353 g/mol. The summed E-state index contributed by atoms with van der Waals surface area (Å²) in [7, 11) is 0. The molecule has 4 nitrogen and oxygen atoms in total. The standard InChI is InChI=1S/C16H11ClF3N3O/c17-10-4-5-13(12(7-10)16(18,19)20)22-15(24)8-11-9-23-6-2-1-3-14(23)21-11/h1-7,9H,8H2,(H,22,24). The molecule has 2 heterocycles. The Labute approximate surface area is 139 Å². The molecule has 0 aliphatic heterocycles. The number of alkyl halides is 3. The summed E-state index contributed by atoms with van der Waals surface area (Å²) in [4.78, 5) is 16.3. The van der Waals surface area contributed by atoms with Crippen molar-refractivity contribution in [1.82, 2.24) is 9.38 Å². The molecule has 0 saturated carbocycles. The van der Waals surface area contributed by atoms with E-state index >= 15 is 0 Å². The third-order valence-corrected chi connectivity index (χ3v) is 3.55. The number of aromatic nitrogens is 2. The van der Waals surface area contributed by atoms with Gasteiger partial charge in [-0.25, -0.2) is 4.98 Å². The minimum atomic E-state index is -4.61. The van der Waals surface area contributed by atoms with Crippen molar-refractivity contribution in [2.24, 2.45) is 0 Å². The molecule has 3 rings (SSSR count). The number of amides is 1. The number of nitrogens with one attached hydrogen (secondary N) is 1. The van der Waals surface area contributed by atoms with E-state index < -0.39 is 17.6 Å². The van der Waals surface area contributed by atoms with Crippen LogP contribution in [0.1, 0.15) is 11.3 Å². The number of hydrogen-bond acceptors (Lipinski definition) is 2. The molecule has 0 atom stereocenters.